The number of ether oxygens (including phenoxy) is 2. The van der Waals surface area contributed by atoms with Gasteiger partial charge in [-0.25, -0.2) is 0 Å². The van der Waals surface area contributed by atoms with E-state index >= 15 is 0 Å². The van der Waals surface area contributed by atoms with Crippen LogP contribution in [0.3, 0.4) is 0 Å². The van der Waals surface area contributed by atoms with Gasteiger partial charge in [-0.2, -0.15) is 0 Å². The second-order valence-electron chi connectivity index (χ2n) is 5.52. The van der Waals surface area contributed by atoms with Gasteiger partial charge in [0.15, 0.2) is 0 Å². The van der Waals surface area contributed by atoms with Crippen LogP contribution in [0.5, 0.6) is 0 Å². The molecule has 4 unspecified atom stereocenters. The van der Waals surface area contributed by atoms with Crippen LogP contribution < -0.4 is 0 Å². The third-order valence-electron chi connectivity index (χ3n) is 4.08. The molecule has 0 spiro atoms. The lowest BCUT2D eigenvalue weighted by Crippen LogP contribution is -2.35. The first-order valence-corrected chi connectivity index (χ1v) is 7.36. The zero-order valence-electron chi connectivity index (χ0n) is 11.1. The zero-order valence-corrected chi connectivity index (χ0v) is 11.1. The van der Waals surface area contributed by atoms with Crippen molar-refractivity contribution in [2.75, 3.05) is 13.2 Å². The maximum Gasteiger partial charge on any atom is 0.0835 e. The third kappa shape index (κ3) is 4.19. The monoisotopic (exact) mass is 258 g/mol. The van der Waals surface area contributed by atoms with Crippen molar-refractivity contribution in [2.45, 2.75) is 75.8 Å². The fourth-order valence-electron chi connectivity index (χ4n) is 2.94. The Balaban J connectivity index is 1.57. The Morgan fingerprint density at radius 3 is 1.44 bits per heavy atom. The molecule has 4 heteroatoms. The predicted molar refractivity (Wildman–Crippen MR) is 68.4 cm³/mol. The molecular weight excluding hydrogens is 232 g/mol. The summed E-state index contributed by atoms with van der Waals surface area (Å²) in [6.45, 7) is 1.04. The van der Waals surface area contributed by atoms with Crippen LogP contribution in [0.4, 0.5) is 0 Å². The molecule has 0 bridgehead atoms. The van der Waals surface area contributed by atoms with E-state index in [2.05, 4.69) is 0 Å². The van der Waals surface area contributed by atoms with Crippen molar-refractivity contribution >= 4 is 0 Å². The topological polar surface area (TPSA) is 58.9 Å². The average Bonchev–Trinajstić information content (AvgIpc) is 2.38. The molecule has 0 amide bonds. The summed E-state index contributed by atoms with van der Waals surface area (Å²) >= 11 is 0. The molecule has 0 heterocycles. The van der Waals surface area contributed by atoms with E-state index in [1.807, 2.05) is 0 Å². The van der Waals surface area contributed by atoms with Crippen molar-refractivity contribution in [1.29, 1.82) is 0 Å². The Hall–Kier alpha value is -0.160. The Morgan fingerprint density at radius 2 is 1.06 bits per heavy atom. The van der Waals surface area contributed by atoms with E-state index in [1.165, 1.54) is 0 Å². The second-order valence-corrected chi connectivity index (χ2v) is 5.52. The number of hydrogen-bond acceptors (Lipinski definition) is 4. The molecular formula is C14H26O4. The molecule has 2 rings (SSSR count). The SMILES string of the molecule is OC1CCCCC1OCCOC1CCCCC1O. The van der Waals surface area contributed by atoms with Crippen LogP contribution in [0.15, 0.2) is 0 Å². The molecule has 2 N–H and O–H groups in total. The first kappa shape index (κ1) is 14.3. The fourth-order valence-corrected chi connectivity index (χ4v) is 2.94. The lowest BCUT2D eigenvalue weighted by atomic mass is 9.95. The lowest BCUT2D eigenvalue weighted by Gasteiger charge is -2.29. The molecule has 4 nitrogen and oxygen atoms in total. The van der Waals surface area contributed by atoms with Crippen molar-refractivity contribution in [2.24, 2.45) is 0 Å². The van der Waals surface area contributed by atoms with Crippen LogP contribution in [0, 0.1) is 0 Å². The highest BCUT2D eigenvalue weighted by atomic mass is 16.5. The van der Waals surface area contributed by atoms with Crippen molar-refractivity contribution in [1.82, 2.24) is 0 Å². The van der Waals surface area contributed by atoms with Gasteiger partial charge >= 0.3 is 0 Å². The minimum atomic E-state index is -0.306. The molecule has 2 aliphatic carbocycles. The van der Waals surface area contributed by atoms with Crippen molar-refractivity contribution in [3.63, 3.8) is 0 Å². The van der Waals surface area contributed by atoms with Gasteiger partial charge in [0.05, 0.1) is 37.6 Å². The molecule has 0 aromatic carbocycles. The summed E-state index contributed by atoms with van der Waals surface area (Å²) in [6.07, 6.45) is 7.46. The van der Waals surface area contributed by atoms with Crippen LogP contribution in [-0.4, -0.2) is 47.8 Å². The van der Waals surface area contributed by atoms with Crippen molar-refractivity contribution < 1.29 is 19.7 Å². The Kier molecular flexibility index (Phi) is 5.89. The summed E-state index contributed by atoms with van der Waals surface area (Å²) in [5.74, 6) is 0. The van der Waals surface area contributed by atoms with Gasteiger partial charge in [-0.15, -0.1) is 0 Å². The Labute approximate surface area is 109 Å². The van der Waals surface area contributed by atoms with Gasteiger partial charge in [0, 0.05) is 0 Å². The Morgan fingerprint density at radius 1 is 0.667 bits per heavy atom. The summed E-state index contributed by atoms with van der Waals surface area (Å²) in [6, 6.07) is 0. The maximum absolute atomic E-state index is 9.75. The zero-order chi connectivity index (χ0) is 12.8. The summed E-state index contributed by atoms with van der Waals surface area (Å²) < 4.78 is 11.3. The first-order valence-electron chi connectivity index (χ1n) is 7.36. The number of aliphatic hydroxyl groups is 2. The lowest BCUT2D eigenvalue weighted by molar-refractivity contribution is -0.103. The average molecular weight is 258 g/mol. The second kappa shape index (κ2) is 7.43. The van der Waals surface area contributed by atoms with Crippen molar-refractivity contribution in [3.8, 4) is 0 Å². The quantitative estimate of drug-likeness (QED) is 0.736. The summed E-state index contributed by atoms with van der Waals surface area (Å²) in [4.78, 5) is 0. The maximum atomic E-state index is 9.75. The van der Waals surface area contributed by atoms with E-state index in [9.17, 15) is 10.2 Å². The van der Waals surface area contributed by atoms with E-state index in [1.54, 1.807) is 0 Å². The summed E-state index contributed by atoms with van der Waals surface area (Å²) in [5, 5.41) is 19.5. The number of rotatable bonds is 5. The van der Waals surface area contributed by atoms with Crippen LogP contribution in [0.1, 0.15) is 51.4 Å². The molecule has 0 aromatic heterocycles. The minimum Gasteiger partial charge on any atom is -0.390 e. The molecule has 0 saturated heterocycles. The number of hydrogen-bond donors (Lipinski definition) is 2. The van der Waals surface area contributed by atoms with Crippen LogP contribution in [0.25, 0.3) is 0 Å². The number of aliphatic hydroxyl groups excluding tert-OH is 2. The van der Waals surface area contributed by atoms with E-state index in [0.29, 0.717) is 13.2 Å². The third-order valence-corrected chi connectivity index (χ3v) is 4.08. The van der Waals surface area contributed by atoms with Crippen LogP contribution >= 0.6 is 0 Å². The van der Waals surface area contributed by atoms with Gasteiger partial charge in [-0.3, -0.25) is 0 Å². The first-order chi connectivity index (χ1) is 8.77. The molecule has 18 heavy (non-hydrogen) atoms. The standard InChI is InChI=1S/C14H26O4/c15-11-5-1-3-7-13(11)17-9-10-18-14-8-4-2-6-12(14)16/h11-16H,1-10H2. The minimum absolute atomic E-state index is 0.0152. The predicted octanol–water partition coefficient (Wildman–Crippen LogP) is 1.63. The van der Waals surface area contributed by atoms with Crippen LogP contribution in [0.2, 0.25) is 0 Å². The van der Waals surface area contributed by atoms with Gasteiger partial charge in [0.1, 0.15) is 0 Å². The smallest absolute Gasteiger partial charge is 0.0835 e. The fraction of sp³-hybridized carbons (Fsp3) is 1.00. The normalized spacial score (nSPS) is 37.7. The molecule has 0 aliphatic heterocycles. The summed E-state index contributed by atoms with van der Waals surface area (Å²) in [7, 11) is 0. The molecule has 0 aromatic rings. The summed E-state index contributed by atoms with van der Waals surface area (Å²) in [5.41, 5.74) is 0. The Bertz CT molecular complexity index is 210. The molecule has 4 atom stereocenters. The van der Waals surface area contributed by atoms with Crippen molar-refractivity contribution in [3.05, 3.63) is 0 Å². The van der Waals surface area contributed by atoms with Gasteiger partial charge < -0.3 is 19.7 Å². The molecule has 0 radical (unpaired) electrons. The van der Waals surface area contributed by atoms with Gasteiger partial charge in [-0.05, 0) is 25.7 Å². The van der Waals surface area contributed by atoms with Gasteiger partial charge in [-0.1, -0.05) is 25.7 Å². The van der Waals surface area contributed by atoms with Gasteiger partial charge in [0.25, 0.3) is 0 Å². The van der Waals surface area contributed by atoms with E-state index in [4.69, 9.17) is 9.47 Å². The highest BCUT2D eigenvalue weighted by Gasteiger charge is 2.25. The molecule has 106 valence electrons. The molecule has 2 aliphatic rings. The molecule has 2 saturated carbocycles. The van der Waals surface area contributed by atoms with E-state index < -0.39 is 0 Å². The van der Waals surface area contributed by atoms with E-state index in [0.717, 1.165) is 51.4 Å². The molecule has 2 fully saturated rings. The highest BCUT2D eigenvalue weighted by molar-refractivity contribution is 4.76. The van der Waals surface area contributed by atoms with Crippen LogP contribution in [-0.2, 0) is 9.47 Å². The largest absolute Gasteiger partial charge is 0.390 e. The van der Waals surface area contributed by atoms with E-state index in [-0.39, 0.29) is 24.4 Å². The van der Waals surface area contributed by atoms with Gasteiger partial charge in [0.2, 0.25) is 0 Å². The highest BCUT2D eigenvalue weighted by Crippen LogP contribution is 2.22.